The molecule has 0 aromatic carbocycles. The van der Waals surface area contributed by atoms with Gasteiger partial charge in [-0.15, -0.1) is 4.73 Å². The first-order chi connectivity index (χ1) is 6.99. The van der Waals surface area contributed by atoms with Crippen molar-refractivity contribution in [3.05, 3.63) is 22.4 Å². The molecule has 1 aromatic heterocycles. The molecule has 6 N–H and O–H groups in total. The van der Waals surface area contributed by atoms with Crippen LogP contribution in [0.2, 0.25) is 0 Å². The molecule has 3 unspecified atom stereocenters. The van der Waals surface area contributed by atoms with Crippen LogP contribution in [0.5, 0.6) is 0 Å². The summed E-state index contributed by atoms with van der Waals surface area (Å²) in [4.78, 5) is 12.8. The third-order valence-corrected chi connectivity index (χ3v) is 1.99. The molecule has 0 saturated carbocycles. The maximum absolute atomic E-state index is 10.8. The van der Waals surface area contributed by atoms with Crippen molar-refractivity contribution in [1.82, 2.24) is 9.71 Å². The summed E-state index contributed by atoms with van der Waals surface area (Å²) < 4.78 is 0.109. The van der Waals surface area contributed by atoms with E-state index in [-0.39, 0.29) is 10.4 Å². The zero-order chi connectivity index (χ0) is 11.6. The van der Waals surface area contributed by atoms with Crippen LogP contribution in [0.4, 0.5) is 0 Å². The fraction of sp³-hybridized carbons (Fsp3) is 0.571. The molecule has 8 nitrogen and oxygen atoms in total. The second-order valence-electron chi connectivity index (χ2n) is 3.02. The summed E-state index contributed by atoms with van der Waals surface area (Å²) in [5.41, 5.74) is -1.19. The smallest absolute Gasteiger partial charge is 0.358 e. The summed E-state index contributed by atoms with van der Waals surface area (Å²) in [6.07, 6.45) is -3.97. The van der Waals surface area contributed by atoms with E-state index in [1.807, 2.05) is 0 Å². The molecule has 0 aliphatic heterocycles. The van der Waals surface area contributed by atoms with E-state index in [0.29, 0.717) is 0 Å². The highest BCUT2D eigenvalue weighted by molar-refractivity contribution is 5.04. The van der Waals surface area contributed by atoms with Gasteiger partial charge in [0.15, 0.2) is 0 Å². The normalized spacial score (nSPS) is 17.3. The number of aromatic nitrogens is 2. The average molecular weight is 220 g/mol. The number of rotatable bonds is 4. The minimum atomic E-state index is -1.70. The summed E-state index contributed by atoms with van der Waals surface area (Å²) in [7, 11) is 0. The van der Waals surface area contributed by atoms with E-state index in [1.165, 1.54) is 0 Å². The van der Waals surface area contributed by atoms with E-state index in [1.54, 1.807) is 0 Å². The highest BCUT2D eigenvalue weighted by Crippen LogP contribution is 2.16. The van der Waals surface area contributed by atoms with E-state index >= 15 is 0 Å². The van der Waals surface area contributed by atoms with E-state index in [2.05, 4.69) is 4.98 Å². The number of aliphatic hydroxyl groups excluding tert-OH is 4. The third kappa shape index (κ3) is 2.18. The van der Waals surface area contributed by atoms with Crippen molar-refractivity contribution >= 4 is 0 Å². The van der Waals surface area contributed by atoms with Gasteiger partial charge in [0.05, 0.1) is 6.61 Å². The Bertz CT molecular complexity index is 372. The van der Waals surface area contributed by atoms with E-state index in [9.17, 15) is 15.0 Å². The Labute approximate surface area is 83.6 Å². The van der Waals surface area contributed by atoms with Crippen LogP contribution in [0.3, 0.4) is 0 Å². The van der Waals surface area contributed by atoms with Gasteiger partial charge < -0.3 is 30.6 Å². The lowest BCUT2D eigenvalue weighted by atomic mass is 10.1. The average Bonchev–Trinajstić information content (AvgIpc) is 2.56. The molecule has 15 heavy (non-hydrogen) atoms. The maximum atomic E-state index is 10.8. The lowest BCUT2D eigenvalue weighted by Gasteiger charge is -2.20. The fourth-order valence-corrected chi connectivity index (χ4v) is 1.08. The lowest BCUT2D eigenvalue weighted by molar-refractivity contribution is -0.0836. The fourth-order valence-electron chi connectivity index (χ4n) is 1.08. The van der Waals surface area contributed by atoms with Crippen molar-refractivity contribution in [1.29, 1.82) is 0 Å². The van der Waals surface area contributed by atoms with Crippen molar-refractivity contribution in [2.75, 3.05) is 6.61 Å². The van der Waals surface area contributed by atoms with Gasteiger partial charge in [-0.1, -0.05) is 0 Å². The first kappa shape index (κ1) is 11.7. The summed E-state index contributed by atoms with van der Waals surface area (Å²) in [5, 5.41) is 45.3. The summed E-state index contributed by atoms with van der Waals surface area (Å²) in [5.74, 6) is 0. The largest absolute Gasteiger partial charge is 0.424 e. The zero-order valence-electron chi connectivity index (χ0n) is 7.61. The Morgan fingerprint density at radius 1 is 1.40 bits per heavy atom. The summed E-state index contributed by atoms with van der Waals surface area (Å²) >= 11 is 0. The van der Waals surface area contributed by atoms with Crippen molar-refractivity contribution < 1.29 is 25.6 Å². The second kappa shape index (κ2) is 4.45. The molecule has 1 rings (SSSR count). The Balaban J connectivity index is 2.89. The molecule has 0 fully saturated rings. The molecule has 86 valence electrons. The predicted octanol–water partition coefficient (Wildman–Crippen LogP) is -2.84. The van der Waals surface area contributed by atoms with Gasteiger partial charge in [-0.05, 0) is 0 Å². The van der Waals surface area contributed by atoms with Crippen LogP contribution < -0.4 is 5.69 Å². The van der Waals surface area contributed by atoms with Gasteiger partial charge in [0.2, 0.25) is 0 Å². The molecule has 0 aliphatic rings. The van der Waals surface area contributed by atoms with E-state index in [4.69, 9.17) is 15.4 Å². The van der Waals surface area contributed by atoms with Crippen molar-refractivity contribution in [2.45, 2.75) is 18.3 Å². The Hall–Kier alpha value is -1.35. The van der Waals surface area contributed by atoms with Gasteiger partial charge in [0.25, 0.3) is 0 Å². The number of H-pyrrole nitrogens is 1. The molecule has 1 heterocycles. The van der Waals surface area contributed by atoms with Crippen molar-refractivity contribution in [2.24, 2.45) is 0 Å². The quantitative estimate of drug-likeness (QED) is 0.302. The van der Waals surface area contributed by atoms with Crippen LogP contribution >= 0.6 is 0 Å². The van der Waals surface area contributed by atoms with Gasteiger partial charge in [-0.3, -0.25) is 0 Å². The second-order valence-corrected chi connectivity index (χ2v) is 3.02. The van der Waals surface area contributed by atoms with Gasteiger partial charge in [-0.25, -0.2) is 4.79 Å². The minimum absolute atomic E-state index is 0.109. The van der Waals surface area contributed by atoms with Crippen LogP contribution in [0.15, 0.2) is 11.0 Å². The minimum Gasteiger partial charge on any atom is -0.424 e. The zero-order valence-corrected chi connectivity index (χ0v) is 7.61. The Morgan fingerprint density at radius 3 is 2.40 bits per heavy atom. The van der Waals surface area contributed by atoms with E-state index < -0.39 is 30.6 Å². The third-order valence-electron chi connectivity index (χ3n) is 1.99. The van der Waals surface area contributed by atoms with Crippen LogP contribution in [0, 0.1) is 0 Å². The first-order valence-corrected chi connectivity index (χ1v) is 4.13. The van der Waals surface area contributed by atoms with Gasteiger partial charge in [0.1, 0.15) is 24.0 Å². The Morgan fingerprint density at radius 2 is 2.00 bits per heavy atom. The molecule has 0 spiro atoms. The topological polar surface area (TPSA) is 139 Å². The van der Waals surface area contributed by atoms with Gasteiger partial charge in [0, 0.05) is 6.20 Å². The number of aliphatic hydroxyl groups is 4. The van der Waals surface area contributed by atoms with Crippen molar-refractivity contribution in [3.8, 4) is 0 Å². The van der Waals surface area contributed by atoms with Crippen LogP contribution in [-0.4, -0.2) is 54.2 Å². The molecule has 3 atom stereocenters. The molecule has 0 saturated heterocycles. The molecule has 0 radical (unpaired) electrons. The molecule has 0 aliphatic carbocycles. The lowest BCUT2D eigenvalue weighted by Crippen LogP contribution is -2.36. The first-order valence-electron chi connectivity index (χ1n) is 4.13. The number of hydrogen-bond donors (Lipinski definition) is 6. The summed E-state index contributed by atoms with van der Waals surface area (Å²) in [6, 6.07) is 0. The Kier molecular flexibility index (Phi) is 3.48. The van der Waals surface area contributed by atoms with Crippen LogP contribution in [0.25, 0.3) is 0 Å². The highest BCUT2D eigenvalue weighted by Gasteiger charge is 2.28. The number of hydrogen-bond acceptors (Lipinski definition) is 6. The van der Waals surface area contributed by atoms with Crippen molar-refractivity contribution in [3.63, 3.8) is 0 Å². The SMILES string of the molecule is O=c1[nH]cc(C(O)C(O)C(O)CO)n1O. The highest BCUT2D eigenvalue weighted by atomic mass is 16.5. The molecular formula is C7H12N2O6. The molecule has 8 heteroatoms. The van der Waals surface area contributed by atoms with Gasteiger partial charge >= 0.3 is 5.69 Å². The number of imidazole rings is 1. The maximum Gasteiger partial charge on any atom is 0.358 e. The predicted molar refractivity (Wildman–Crippen MR) is 46.3 cm³/mol. The number of aromatic amines is 1. The number of nitrogens with zero attached hydrogens (tertiary/aromatic N) is 1. The van der Waals surface area contributed by atoms with Crippen LogP contribution in [-0.2, 0) is 0 Å². The van der Waals surface area contributed by atoms with Gasteiger partial charge in [-0.2, -0.15) is 0 Å². The summed E-state index contributed by atoms with van der Waals surface area (Å²) in [6.45, 7) is -0.752. The number of nitrogens with one attached hydrogen (secondary N) is 1. The monoisotopic (exact) mass is 220 g/mol. The standard InChI is InChI=1S/C7H12N2O6/c10-2-4(11)6(13)5(12)3-1-8-7(14)9(3)15/h1,4-6,10-13,15H,2H2,(H,8,14). The molecule has 0 amide bonds. The molecule has 1 aromatic rings. The molecular weight excluding hydrogens is 208 g/mol. The van der Waals surface area contributed by atoms with E-state index in [0.717, 1.165) is 6.20 Å². The van der Waals surface area contributed by atoms with Crippen LogP contribution in [0.1, 0.15) is 11.8 Å². The molecule has 0 bridgehead atoms.